The molecule has 0 aromatic carbocycles. The Morgan fingerprint density at radius 1 is 1.31 bits per heavy atom. The normalized spacial score (nSPS) is 14.2. The van der Waals surface area contributed by atoms with E-state index in [1.54, 1.807) is 12.1 Å². The Morgan fingerprint density at radius 2 is 1.85 bits per heavy atom. The van der Waals surface area contributed by atoms with E-state index in [1.807, 2.05) is 0 Å². The van der Waals surface area contributed by atoms with E-state index in [1.165, 1.54) is 12.4 Å². The zero-order valence-corrected chi connectivity index (χ0v) is 8.14. The molecule has 0 aliphatic heterocycles. The summed E-state index contributed by atoms with van der Waals surface area (Å²) in [5.41, 5.74) is 0.620. The van der Waals surface area contributed by atoms with Gasteiger partial charge in [-0.05, 0) is 24.1 Å². The molecule has 0 fully saturated rings. The minimum absolute atomic E-state index is 0.0635. The molecular formula is C8H7BrF3N. The van der Waals surface area contributed by atoms with Gasteiger partial charge in [-0.15, -0.1) is 0 Å². The molecule has 1 atom stereocenters. The maximum absolute atomic E-state index is 12.1. The molecule has 1 aromatic heterocycles. The van der Waals surface area contributed by atoms with E-state index in [2.05, 4.69) is 20.9 Å². The maximum Gasteiger partial charge on any atom is 0.401 e. The van der Waals surface area contributed by atoms with Gasteiger partial charge in [0.25, 0.3) is 0 Å². The second-order valence-corrected chi connectivity index (χ2v) is 3.67. The number of halogens is 4. The summed E-state index contributed by atoms with van der Waals surface area (Å²) in [6, 6.07) is 3.14. The molecule has 1 aromatic rings. The van der Waals surface area contributed by atoms with Crippen molar-refractivity contribution in [3.8, 4) is 0 Å². The molecule has 5 heteroatoms. The van der Waals surface area contributed by atoms with Gasteiger partial charge in [0.05, 0.1) is 0 Å². The summed E-state index contributed by atoms with van der Waals surface area (Å²) in [6.07, 6.45) is -1.30. The third kappa shape index (κ3) is 3.34. The number of aromatic nitrogens is 1. The summed E-state index contributed by atoms with van der Waals surface area (Å²) in [5, 5.41) is 0. The van der Waals surface area contributed by atoms with Gasteiger partial charge in [-0.2, -0.15) is 13.2 Å². The third-order valence-corrected chi connectivity index (χ3v) is 2.36. The van der Waals surface area contributed by atoms with Crippen LogP contribution in [0.25, 0.3) is 0 Å². The lowest BCUT2D eigenvalue weighted by Crippen LogP contribution is -2.24. The number of pyridine rings is 1. The van der Waals surface area contributed by atoms with Crippen molar-refractivity contribution in [2.45, 2.75) is 17.4 Å². The smallest absolute Gasteiger partial charge is 0.265 e. The van der Waals surface area contributed by atoms with Crippen LogP contribution in [0.3, 0.4) is 0 Å². The Labute approximate surface area is 82.1 Å². The first-order valence-electron chi connectivity index (χ1n) is 3.60. The monoisotopic (exact) mass is 253 g/mol. The van der Waals surface area contributed by atoms with Crippen molar-refractivity contribution >= 4 is 15.9 Å². The van der Waals surface area contributed by atoms with Crippen LogP contribution in [0.1, 0.15) is 5.56 Å². The maximum atomic E-state index is 12.1. The summed E-state index contributed by atoms with van der Waals surface area (Å²) < 4.78 is 36.2. The van der Waals surface area contributed by atoms with E-state index in [-0.39, 0.29) is 6.42 Å². The van der Waals surface area contributed by atoms with Gasteiger partial charge in [0.15, 0.2) is 0 Å². The first kappa shape index (κ1) is 10.5. The van der Waals surface area contributed by atoms with Crippen molar-refractivity contribution in [1.29, 1.82) is 0 Å². The van der Waals surface area contributed by atoms with Gasteiger partial charge in [0.2, 0.25) is 0 Å². The lowest BCUT2D eigenvalue weighted by atomic mass is 10.1. The van der Waals surface area contributed by atoms with Gasteiger partial charge in [0, 0.05) is 12.4 Å². The van der Waals surface area contributed by atoms with Crippen molar-refractivity contribution in [3.63, 3.8) is 0 Å². The van der Waals surface area contributed by atoms with Crippen molar-refractivity contribution in [1.82, 2.24) is 4.98 Å². The third-order valence-electron chi connectivity index (χ3n) is 1.52. The average molecular weight is 254 g/mol. The molecule has 13 heavy (non-hydrogen) atoms. The zero-order chi connectivity index (χ0) is 9.90. The van der Waals surface area contributed by atoms with Crippen LogP contribution in [0.15, 0.2) is 24.5 Å². The van der Waals surface area contributed by atoms with Gasteiger partial charge in [-0.1, -0.05) is 15.9 Å². The quantitative estimate of drug-likeness (QED) is 0.739. The van der Waals surface area contributed by atoms with Crippen molar-refractivity contribution in [2.75, 3.05) is 0 Å². The van der Waals surface area contributed by atoms with E-state index in [0.29, 0.717) is 5.56 Å². The average Bonchev–Trinajstić information content (AvgIpc) is 2.04. The van der Waals surface area contributed by atoms with Crippen LogP contribution < -0.4 is 0 Å². The second-order valence-electron chi connectivity index (χ2n) is 2.57. The van der Waals surface area contributed by atoms with Crippen LogP contribution in [0.5, 0.6) is 0 Å². The van der Waals surface area contributed by atoms with E-state index in [4.69, 9.17) is 0 Å². The highest BCUT2D eigenvalue weighted by molar-refractivity contribution is 9.09. The Morgan fingerprint density at radius 3 is 2.31 bits per heavy atom. The predicted molar refractivity (Wildman–Crippen MR) is 46.7 cm³/mol. The van der Waals surface area contributed by atoms with Crippen molar-refractivity contribution in [3.05, 3.63) is 30.1 Å². The van der Waals surface area contributed by atoms with E-state index < -0.39 is 11.0 Å². The highest BCUT2D eigenvalue weighted by Gasteiger charge is 2.37. The molecular weight excluding hydrogens is 247 g/mol. The number of hydrogen-bond acceptors (Lipinski definition) is 1. The second kappa shape index (κ2) is 4.09. The molecule has 0 aliphatic rings. The van der Waals surface area contributed by atoms with Gasteiger partial charge >= 0.3 is 6.18 Å². The van der Waals surface area contributed by atoms with Gasteiger partial charge in [-0.25, -0.2) is 0 Å². The highest BCUT2D eigenvalue weighted by atomic mass is 79.9. The Balaban J connectivity index is 2.61. The van der Waals surface area contributed by atoms with Crippen LogP contribution in [0, 0.1) is 0 Å². The SMILES string of the molecule is FC(F)(F)C(Br)Cc1ccncc1. The van der Waals surface area contributed by atoms with Gasteiger partial charge in [-0.3, -0.25) is 4.98 Å². The van der Waals surface area contributed by atoms with Crippen LogP contribution in [0.4, 0.5) is 13.2 Å². The van der Waals surface area contributed by atoms with Crippen LogP contribution >= 0.6 is 15.9 Å². The molecule has 0 aliphatic carbocycles. The molecule has 1 nitrogen and oxygen atoms in total. The minimum Gasteiger partial charge on any atom is -0.265 e. The van der Waals surface area contributed by atoms with E-state index in [0.717, 1.165) is 0 Å². The fourth-order valence-corrected chi connectivity index (χ4v) is 1.22. The van der Waals surface area contributed by atoms with E-state index >= 15 is 0 Å². The van der Waals surface area contributed by atoms with Gasteiger partial charge in [0.1, 0.15) is 4.83 Å². The molecule has 0 amide bonds. The lowest BCUT2D eigenvalue weighted by Gasteiger charge is -2.13. The summed E-state index contributed by atoms with van der Waals surface area (Å²) in [5.74, 6) is 0. The van der Waals surface area contributed by atoms with E-state index in [9.17, 15) is 13.2 Å². The molecule has 0 N–H and O–H groups in total. The number of alkyl halides is 4. The molecule has 1 rings (SSSR count). The van der Waals surface area contributed by atoms with Crippen molar-refractivity contribution in [2.24, 2.45) is 0 Å². The summed E-state index contributed by atoms with van der Waals surface area (Å²) >= 11 is 2.59. The number of rotatable bonds is 2. The summed E-state index contributed by atoms with van der Waals surface area (Å²) in [7, 11) is 0. The first-order valence-corrected chi connectivity index (χ1v) is 4.51. The number of hydrogen-bond donors (Lipinski definition) is 0. The Bertz CT molecular complexity index is 260. The Hall–Kier alpha value is -0.580. The number of nitrogens with zero attached hydrogens (tertiary/aromatic N) is 1. The standard InChI is InChI=1S/C8H7BrF3N/c9-7(8(10,11)12)5-6-1-3-13-4-2-6/h1-4,7H,5H2. The molecule has 0 spiro atoms. The lowest BCUT2D eigenvalue weighted by molar-refractivity contribution is -0.126. The molecule has 0 saturated carbocycles. The van der Waals surface area contributed by atoms with Gasteiger partial charge < -0.3 is 0 Å². The predicted octanol–water partition coefficient (Wildman–Crippen LogP) is 2.95. The van der Waals surface area contributed by atoms with Crippen LogP contribution in [-0.2, 0) is 6.42 Å². The zero-order valence-electron chi connectivity index (χ0n) is 6.55. The fraction of sp³-hybridized carbons (Fsp3) is 0.375. The summed E-state index contributed by atoms with van der Waals surface area (Å²) in [4.78, 5) is 2.23. The minimum atomic E-state index is -4.19. The molecule has 0 radical (unpaired) electrons. The Kier molecular flexibility index (Phi) is 3.30. The fourth-order valence-electron chi connectivity index (χ4n) is 0.842. The largest absolute Gasteiger partial charge is 0.401 e. The molecule has 1 heterocycles. The molecule has 0 bridgehead atoms. The van der Waals surface area contributed by atoms with Crippen LogP contribution in [0.2, 0.25) is 0 Å². The molecule has 72 valence electrons. The first-order chi connectivity index (χ1) is 6.00. The molecule has 1 unspecified atom stereocenters. The highest BCUT2D eigenvalue weighted by Crippen LogP contribution is 2.28. The topological polar surface area (TPSA) is 12.9 Å². The summed E-state index contributed by atoms with van der Waals surface area (Å²) in [6.45, 7) is 0. The van der Waals surface area contributed by atoms with Crippen LogP contribution in [-0.4, -0.2) is 16.0 Å². The van der Waals surface area contributed by atoms with Crippen molar-refractivity contribution < 1.29 is 13.2 Å². The molecule has 0 saturated heterocycles.